The van der Waals surface area contributed by atoms with Gasteiger partial charge >= 0.3 is 0 Å². The van der Waals surface area contributed by atoms with Gasteiger partial charge in [0.1, 0.15) is 11.9 Å². The van der Waals surface area contributed by atoms with Crippen molar-refractivity contribution in [1.82, 2.24) is 20.1 Å². The number of rotatable bonds is 5. The summed E-state index contributed by atoms with van der Waals surface area (Å²) in [7, 11) is 1.91. The maximum Gasteiger partial charge on any atom is 0.223 e. The zero-order chi connectivity index (χ0) is 17.6. The maximum atomic E-state index is 12.3. The molecular formula is C18H22N6O. The first-order valence-corrected chi connectivity index (χ1v) is 8.53. The summed E-state index contributed by atoms with van der Waals surface area (Å²) in [6.07, 6.45) is 5.78. The SMILES string of the molecule is Cn1nccc1CCNC(=O)C1CCN(c2ccc(C#N)cn2)CC1. The van der Waals surface area contributed by atoms with Crippen LogP contribution < -0.4 is 10.2 Å². The van der Waals surface area contributed by atoms with Crippen molar-refractivity contribution in [2.24, 2.45) is 13.0 Å². The van der Waals surface area contributed by atoms with Crippen LogP contribution in [0.2, 0.25) is 0 Å². The Bertz CT molecular complexity index is 753. The summed E-state index contributed by atoms with van der Waals surface area (Å²) in [5.41, 5.74) is 1.67. The van der Waals surface area contributed by atoms with E-state index < -0.39 is 0 Å². The molecule has 3 heterocycles. The summed E-state index contributed by atoms with van der Waals surface area (Å²) in [4.78, 5) is 18.8. The summed E-state index contributed by atoms with van der Waals surface area (Å²) < 4.78 is 1.83. The lowest BCUT2D eigenvalue weighted by atomic mass is 9.96. The van der Waals surface area contributed by atoms with Crippen molar-refractivity contribution in [2.45, 2.75) is 19.3 Å². The zero-order valence-corrected chi connectivity index (χ0v) is 14.4. The van der Waals surface area contributed by atoms with E-state index in [2.05, 4.69) is 26.4 Å². The lowest BCUT2D eigenvalue weighted by Crippen LogP contribution is -2.41. The molecule has 1 aliphatic heterocycles. The first kappa shape index (κ1) is 17.0. The number of piperidine rings is 1. The van der Waals surface area contributed by atoms with Crippen molar-refractivity contribution >= 4 is 11.7 Å². The van der Waals surface area contributed by atoms with Crippen LogP contribution in [0.3, 0.4) is 0 Å². The van der Waals surface area contributed by atoms with E-state index in [4.69, 9.17) is 5.26 Å². The minimum Gasteiger partial charge on any atom is -0.357 e. The number of pyridine rings is 1. The van der Waals surface area contributed by atoms with E-state index in [1.54, 1.807) is 18.5 Å². The molecule has 7 nitrogen and oxygen atoms in total. The Hall–Kier alpha value is -2.88. The van der Waals surface area contributed by atoms with Crippen molar-refractivity contribution < 1.29 is 4.79 Å². The lowest BCUT2D eigenvalue weighted by molar-refractivity contribution is -0.125. The fraction of sp³-hybridized carbons (Fsp3) is 0.444. The van der Waals surface area contributed by atoms with Crippen molar-refractivity contribution in [3.05, 3.63) is 41.9 Å². The Morgan fingerprint density at radius 2 is 2.16 bits per heavy atom. The predicted octanol–water partition coefficient (Wildman–Crippen LogP) is 1.26. The van der Waals surface area contributed by atoms with Gasteiger partial charge in [0.2, 0.25) is 5.91 Å². The minimum atomic E-state index is 0.0566. The number of carbonyl (C=O) groups excluding carboxylic acids is 1. The Labute approximate surface area is 147 Å². The molecule has 25 heavy (non-hydrogen) atoms. The fourth-order valence-electron chi connectivity index (χ4n) is 3.11. The zero-order valence-electron chi connectivity index (χ0n) is 14.4. The van der Waals surface area contributed by atoms with E-state index in [0.29, 0.717) is 12.1 Å². The van der Waals surface area contributed by atoms with Gasteiger partial charge in [-0.1, -0.05) is 0 Å². The molecule has 0 atom stereocenters. The van der Waals surface area contributed by atoms with E-state index in [1.165, 1.54) is 0 Å². The highest BCUT2D eigenvalue weighted by Gasteiger charge is 2.25. The monoisotopic (exact) mass is 338 g/mol. The van der Waals surface area contributed by atoms with E-state index in [1.807, 2.05) is 23.9 Å². The highest BCUT2D eigenvalue weighted by Crippen LogP contribution is 2.22. The largest absolute Gasteiger partial charge is 0.357 e. The summed E-state index contributed by atoms with van der Waals surface area (Å²) >= 11 is 0. The van der Waals surface area contributed by atoms with E-state index >= 15 is 0 Å². The molecule has 130 valence electrons. The topological polar surface area (TPSA) is 86.8 Å². The molecule has 1 amide bonds. The number of nitriles is 1. The Morgan fingerprint density at radius 3 is 2.76 bits per heavy atom. The molecule has 3 rings (SSSR count). The summed E-state index contributed by atoms with van der Waals surface area (Å²) in [5, 5.41) is 16.0. The average molecular weight is 338 g/mol. The second-order valence-corrected chi connectivity index (χ2v) is 6.27. The highest BCUT2D eigenvalue weighted by molar-refractivity contribution is 5.79. The van der Waals surface area contributed by atoms with E-state index in [9.17, 15) is 4.79 Å². The number of aryl methyl sites for hydroxylation is 1. The molecule has 0 bridgehead atoms. The molecule has 0 spiro atoms. The smallest absolute Gasteiger partial charge is 0.223 e. The molecule has 1 aliphatic rings. The molecule has 2 aromatic heterocycles. The van der Waals surface area contributed by atoms with Gasteiger partial charge in [0.15, 0.2) is 0 Å². The third kappa shape index (κ3) is 4.15. The molecule has 0 saturated carbocycles. The molecule has 0 unspecified atom stereocenters. The number of anilines is 1. The van der Waals surface area contributed by atoms with Crippen LogP contribution in [0, 0.1) is 17.2 Å². The number of carbonyl (C=O) groups is 1. The van der Waals surface area contributed by atoms with Gasteiger partial charge in [-0.25, -0.2) is 4.98 Å². The first-order valence-electron chi connectivity index (χ1n) is 8.53. The van der Waals surface area contributed by atoms with Gasteiger partial charge in [-0.15, -0.1) is 0 Å². The molecule has 2 aromatic rings. The van der Waals surface area contributed by atoms with Crippen molar-refractivity contribution in [2.75, 3.05) is 24.5 Å². The van der Waals surface area contributed by atoms with Crippen molar-refractivity contribution in [1.29, 1.82) is 5.26 Å². The second-order valence-electron chi connectivity index (χ2n) is 6.27. The standard InChI is InChI=1S/C18H22N6O/c1-23-16(5-9-22-23)4-8-20-18(25)15-6-10-24(11-7-15)17-3-2-14(12-19)13-21-17/h2-3,5,9,13,15H,4,6-8,10-11H2,1H3,(H,20,25). The minimum absolute atomic E-state index is 0.0566. The maximum absolute atomic E-state index is 12.3. The van der Waals surface area contributed by atoms with Gasteiger partial charge in [-0.2, -0.15) is 10.4 Å². The molecule has 0 radical (unpaired) electrons. The molecule has 0 aromatic carbocycles. The van der Waals surface area contributed by atoms with Crippen LogP contribution in [-0.2, 0) is 18.3 Å². The molecule has 1 saturated heterocycles. The van der Waals surface area contributed by atoms with Crippen LogP contribution in [0.1, 0.15) is 24.1 Å². The van der Waals surface area contributed by atoms with Gasteiger partial charge in [0.05, 0.1) is 5.56 Å². The third-order valence-electron chi connectivity index (χ3n) is 4.67. The number of amides is 1. The van der Waals surface area contributed by atoms with Crippen molar-refractivity contribution in [3.63, 3.8) is 0 Å². The predicted molar refractivity (Wildman–Crippen MR) is 93.8 cm³/mol. The first-order chi connectivity index (χ1) is 12.2. The molecular weight excluding hydrogens is 316 g/mol. The average Bonchev–Trinajstić information content (AvgIpc) is 3.07. The number of hydrogen-bond acceptors (Lipinski definition) is 5. The van der Waals surface area contributed by atoms with Crippen molar-refractivity contribution in [3.8, 4) is 6.07 Å². The quantitative estimate of drug-likeness (QED) is 0.887. The Balaban J connectivity index is 1.44. The van der Waals surface area contributed by atoms with Gasteiger partial charge in [-0.3, -0.25) is 9.48 Å². The fourth-order valence-corrected chi connectivity index (χ4v) is 3.11. The van der Waals surface area contributed by atoms with E-state index in [0.717, 1.165) is 43.9 Å². The summed E-state index contributed by atoms with van der Waals surface area (Å²) in [5.74, 6) is 1.06. The second kappa shape index (κ2) is 7.79. The summed E-state index contributed by atoms with van der Waals surface area (Å²) in [6, 6.07) is 7.69. The molecule has 7 heteroatoms. The van der Waals surface area contributed by atoms with Crippen LogP contribution in [-0.4, -0.2) is 40.3 Å². The van der Waals surface area contributed by atoms with Crippen LogP contribution in [0.15, 0.2) is 30.6 Å². The Kier molecular flexibility index (Phi) is 5.29. The van der Waals surface area contributed by atoms with Crippen LogP contribution >= 0.6 is 0 Å². The summed E-state index contributed by atoms with van der Waals surface area (Å²) in [6.45, 7) is 2.24. The van der Waals surface area contributed by atoms with E-state index in [-0.39, 0.29) is 11.8 Å². The van der Waals surface area contributed by atoms with Gasteiger partial charge in [0.25, 0.3) is 0 Å². The highest BCUT2D eigenvalue weighted by atomic mass is 16.1. The van der Waals surface area contributed by atoms with Crippen LogP contribution in [0.4, 0.5) is 5.82 Å². The number of nitrogens with one attached hydrogen (secondary N) is 1. The van der Waals surface area contributed by atoms with Gasteiger partial charge in [0, 0.05) is 57.1 Å². The number of nitrogens with zero attached hydrogens (tertiary/aromatic N) is 5. The molecule has 1 N–H and O–H groups in total. The third-order valence-corrected chi connectivity index (χ3v) is 4.67. The number of hydrogen-bond donors (Lipinski definition) is 1. The molecule has 1 fully saturated rings. The van der Waals surface area contributed by atoms with Gasteiger partial charge in [-0.05, 0) is 31.0 Å². The van der Waals surface area contributed by atoms with Gasteiger partial charge < -0.3 is 10.2 Å². The van der Waals surface area contributed by atoms with Crippen LogP contribution in [0.25, 0.3) is 0 Å². The lowest BCUT2D eigenvalue weighted by Gasteiger charge is -2.32. The number of aromatic nitrogens is 3. The normalized spacial score (nSPS) is 15.0. The Morgan fingerprint density at radius 1 is 1.36 bits per heavy atom. The van der Waals surface area contributed by atoms with Crippen LogP contribution in [0.5, 0.6) is 0 Å². The molecule has 0 aliphatic carbocycles.